The Bertz CT molecular complexity index is 837. The van der Waals surface area contributed by atoms with Crippen molar-refractivity contribution in [3.05, 3.63) is 63.7 Å². The van der Waals surface area contributed by atoms with Gasteiger partial charge in [-0.05, 0) is 31.4 Å². The minimum absolute atomic E-state index is 0.0268. The van der Waals surface area contributed by atoms with E-state index in [2.05, 4.69) is 11.4 Å². The number of likely N-dealkylation sites (tertiary alicyclic amines) is 1. The number of aryl methyl sites for hydroxylation is 1. The molecule has 7 nitrogen and oxygen atoms in total. The highest BCUT2D eigenvalue weighted by atomic mass is 16.6. The molecule has 2 aromatic rings. The van der Waals surface area contributed by atoms with Gasteiger partial charge in [0.15, 0.2) is 0 Å². The minimum atomic E-state index is -0.498. The molecule has 0 aliphatic carbocycles. The largest absolute Gasteiger partial charge is 0.494 e. The molecule has 0 unspecified atom stereocenters. The topological polar surface area (TPSA) is 84.7 Å². The number of amides is 2. The van der Waals surface area contributed by atoms with Crippen LogP contribution in [0.15, 0.2) is 42.5 Å². The predicted octanol–water partition coefficient (Wildman–Crippen LogP) is 4.28. The number of methoxy groups -OCH3 is 1. The maximum absolute atomic E-state index is 12.8. The molecule has 1 heterocycles. The quantitative estimate of drug-likeness (QED) is 0.655. The molecule has 0 aromatic heterocycles. The summed E-state index contributed by atoms with van der Waals surface area (Å²) in [6.07, 6.45) is 1.84. The number of benzene rings is 2. The van der Waals surface area contributed by atoms with Crippen LogP contribution in [0.2, 0.25) is 0 Å². The highest BCUT2D eigenvalue weighted by Crippen LogP contribution is 2.34. The monoisotopic (exact) mass is 355 g/mol. The molecule has 0 bridgehead atoms. The number of non-ortho nitro benzene ring substituents is 1. The van der Waals surface area contributed by atoms with Gasteiger partial charge < -0.3 is 15.0 Å². The van der Waals surface area contributed by atoms with E-state index in [1.165, 1.54) is 25.3 Å². The summed E-state index contributed by atoms with van der Waals surface area (Å²) in [4.78, 5) is 25.0. The molecule has 7 heteroatoms. The minimum Gasteiger partial charge on any atom is -0.494 e. The molecule has 0 radical (unpaired) electrons. The second-order valence-electron chi connectivity index (χ2n) is 6.34. The van der Waals surface area contributed by atoms with Gasteiger partial charge in [0, 0.05) is 12.6 Å². The van der Waals surface area contributed by atoms with Crippen molar-refractivity contribution in [2.24, 2.45) is 0 Å². The number of carbonyl (C=O) groups is 1. The molecule has 0 spiro atoms. The summed E-state index contributed by atoms with van der Waals surface area (Å²) in [6, 6.07) is 12.1. The molecular formula is C19H21N3O4. The third-order valence-corrected chi connectivity index (χ3v) is 4.58. The number of rotatable bonds is 4. The van der Waals surface area contributed by atoms with Crippen LogP contribution in [0.4, 0.5) is 16.2 Å². The molecule has 2 amide bonds. The van der Waals surface area contributed by atoms with Crippen LogP contribution in [0.5, 0.6) is 5.75 Å². The average molecular weight is 355 g/mol. The Morgan fingerprint density at radius 1 is 1.31 bits per heavy atom. The Balaban J connectivity index is 1.80. The molecule has 136 valence electrons. The van der Waals surface area contributed by atoms with Crippen LogP contribution in [0.25, 0.3) is 0 Å². The molecule has 2 aromatic carbocycles. The zero-order chi connectivity index (χ0) is 18.7. The summed E-state index contributed by atoms with van der Waals surface area (Å²) in [7, 11) is 1.42. The molecule has 26 heavy (non-hydrogen) atoms. The number of urea groups is 1. The van der Waals surface area contributed by atoms with E-state index in [0.717, 1.165) is 24.0 Å². The first-order valence-corrected chi connectivity index (χ1v) is 8.46. The molecule has 1 N–H and O–H groups in total. The van der Waals surface area contributed by atoms with Gasteiger partial charge in [-0.2, -0.15) is 0 Å². The number of nitrogens with zero attached hydrogens (tertiary/aromatic N) is 2. The van der Waals surface area contributed by atoms with Crippen LogP contribution in [0, 0.1) is 17.0 Å². The van der Waals surface area contributed by atoms with Crippen molar-refractivity contribution >= 4 is 17.4 Å². The van der Waals surface area contributed by atoms with E-state index < -0.39 is 4.92 Å². The van der Waals surface area contributed by atoms with Crippen molar-refractivity contribution in [2.45, 2.75) is 25.8 Å². The summed E-state index contributed by atoms with van der Waals surface area (Å²) in [5.41, 5.74) is 2.61. The smallest absolute Gasteiger partial charge is 0.322 e. The standard InChI is InChI=1S/C19H21N3O4/c1-13-5-3-6-14(11-13)17-7-4-10-21(17)19(23)20-16-9-8-15(22(24)25)12-18(16)26-2/h3,5-6,8-9,11-12,17H,4,7,10H2,1-2H3,(H,20,23)/t17-/m1/s1. The van der Waals surface area contributed by atoms with E-state index in [9.17, 15) is 14.9 Å². The van der Waals surface area contributed by atoms with Gasteiger partial charge >= 0.3 is 6.03 Å². The normalized spacial score (nSPS) is 16.4. The van der Waals surface area contributed by atoms with Crippen LogP contribution in [-0.4, -0.2) is 29.5 Å². The molecule has 0 saturated carbocycles. The van der Waals surface area contributed by atoms with Crippen molar-refractivity contribution in [1.29, 1.82) is 0 Å². The molecule has 3 rings (SSSR count). The number of anilines is 1. The van der Waals surface area contributed by atoms with E-state index >= 15 is 0 Å². The number of nitro groups is 1. The molecular weight excluding hydrogens is 334 g/mol. The molecule has 1 fully saturated rings. The van der Waals surface area contributed by atoms with Crippen molar-refractivity contribution < 1.29 is 14.5 Å². The number of ether oxygens (including phenoxy) is 1. The van der Waals surface area contributed by atoms with Gasteiger partial charge in [-0.3, -0.25) is 10.1 Å². The molecule has 1 saturated heterocycles. The van der Waals surface area contributed by atoms with Crippen molar-refractivity contribution in [3.63, 3.8) is 0 Å². The third kappa shape index (κ3) is 3.61. The predicted molar refractivity (Wildman–Crippen MR) is 98.5 cm³/mol. The highest BCUT2D eigenvalue weighted by Gasteiger charge is 2.30. The van der Waals surface area contributed by atoms with Crippen LogP contribution >= 0.6 is 0 Å². The zero-order valence-electron chi connectivity index (χ0n) is 14.8. The summed E-state index contributed by atoms with van der Waals surface area (Å²) in [5, 5.41) is 13.7. The lowest BCUT2D eigenvalue weighted by Crippen LogP contribution is -2.34. The van der Waals surface area contributed by atoms with E-state index in [1.807, 2.05) is 25.1 Å². The third-order valence-electron chi connectivity index (χ3n) is 4.58. The lowest BCUT2D eigenvalue weighted by atomic mass is 10.0. The summed E-state index contributed by atoms with van der Waals surface area (Å²) < 4.78 is 5.19. The number of nitrogens with one attached hydrogen (secondary N) is 1. The summed E-state index contributed by atoms with van der Waals surface area (Å²) in [5.74, 6) is 0.263. The van der Waals surface area contributed by atoms with Crippen LogP contribution in [-0.2, 0) is 0 Å². The van der Waals surface area contributed by atoms with Gasteiger partial charge in [0.1, 0.15) is 5.75 Å². The second-order valence-corrected chi connectivity index (χ2v) is 6.34. The fraction of sp³-hybridized carbons (Fsp3) is 0.316. The Labute approximate surface area is 151 Å². The van der Waals surface area contributed by atoms with Crippen LogP contribution in [0.1, 0.15) is 30.0 Å². The van der Waals surface area contributed by atoms with Gasteiger partial charge in [0.2, 0.25) is 0 Å². The highest BCUT2D eigenvalue weighted by molar-refractivity contribution is 5.91. The van der Waals surface area contributed by atoms with Gasteiger partial charge in [-0.15, -0.1) is 0 Å². The van der Waals surface area contributed by atoms with Crippen molar-refractivity contribution in [3.8, 4) is 5.75 Å². The van der Waals surface area contributed by atoms with Crippen LogP contribution in [0.3, 0.4) is 0 Å². The number of hydrogen-bond acceptors (Lipinski definition) is 4. The number of hydrogen-bond donors (Lipinski definition) is 1. The van der Waals surface area contributed by atoms with Gasteiger partial charge in [-0.25, -0.2) is 4.79 Å². The molecule has 1 atom stereocenters. The molecule has 1 aliphatic heterocycles. The van der Waals surface area contributed by atoms with Crippen molar-refractivity contribution in [1.82, 2.24) is 4.90 Å². The number of carbonyl (C=O) groups excluding carboxylic acids is 1. The van der Waals surface area contributed by atoms with E-state index in [4.69, 9.17) is 4.74 Å². The summed E-state index contributed by atoms with van der Waals surface area (Å²) >= 11 is 0. The Kier molecular flexibility index (Phi) is 5.06. The van der Waals surface area contributed by atoms with Gasteiger partial charge in [0.25, 0.3) is 5.69 Å². The summed E-state index contributed by atoms with van der Waals surface area (Å²) in [6.45, 7) is 2.70. The zero-order valence-corrected chi connectivity index (χ0v) is 14.8. The lowest BCUT2D eigenvalue weighted by molar-refractivity contribution is -0.384. The lowest BCUT2D eigenvalue weighted by Gasteiger charge is -2.26. The average Bonchev–Trinajstić information content (AvgIpc) is 3.11. The van der Waals surface area contributed by atoms with Crippen LogP contribution < -0.4 is 10.1 Å². The maximum atomic E-state index is 12.8. The first kappa shape index (κ1) is 17.7. The molecule has 1 aliphatic rings. The first-order valence-electron chi connectivity index (χ1n) is 8.46. The van der Waals surface area contributed by atoms with Crippen molar-refractivity contribution in [2.75, 3.05) is 19.0 Å². The maximum Gasteiger partial charge on any atom is 0.322 e. The van der Waals surface area contributed by atoms with E-state index in [-0.39, 0.29) is 23.5 Å². The Hall–Kier alpha value is -3.09. The fourth-order valence-electron chi connectivity index (χ4n) is 3.32. The fourth-order valence-corrected chi connectivity index (χ4v) is 3.32. The Morgan fingerprint density at radius 2 is 2.12 bits per heavy atom. The van der Waals surface area contributed by atoms with Gasteiger partial charge in [-0.1, -0.05) is 29.8 Å². The van der Waals surface area contributed by atoms with E-state index in [0.29, 0.717) is 12.2 Å². The van der Waals surface area contributed by atoms with E-state index in [1.54, 1.807) is 4.90 Å². The second kappa shape index (κ2) is 7.43. The SMILES string of the molecule is COc1cc([N+](=O)[O-])ccc1NC(=O)N1CCC[C@@H]1c1cccc(C)c1. The number of nitro benzene ring substituents is 1. The Morgan fingerprint density at radius 3 is 2.81 bits per heavy atom. The van der Waals surface area contributed by atoms with Gasteiger partial charge in [0.05, 0.1) is 29.8 Å². The first-order chi connectivity index (χ1) is 12.5.